The molecule has 0 aliphatic carbocycles. The highest BCUT2D eigenvalue weighted by Crippen LogP contribution is 2.30. The fraction of sp³-hybridized carbons (Fsp3) is 0.118. The second-order valence-corrected chi connectivity index (χ2v) is 5.10. The number of hydrogen-bond acceptors (Lipinski definition) is 3. The van der Waals surface area contributed by atoms with Crippen LogP contribution in [-0.2, 0) is 7.05 Å². The molecule has 0 fully saturated rings. The Morgan fingerprint density at radius 3 is 2.77 bits per heavy atom. The number of nitrogens with zero attached hydrogens (tertiary/aromatic N) is 2. The largest absolute Gasteiger partial charge is 0.375 e. The van der Waals surface area contributed by atoms with Crippen molar-refractivity contribution in [3.05, 3.63) is 60.9 Å². The molecule has 22 heavy (non-hydrogen) atoms. The van der Waals surface area contributed by atoms with Crippen LogP contribution in [0.25, 0.3) is 22.0 Å². The first-order valence-electron chi connectivity index (χ1n) is 6.93. The van der Waals surface area contributed by atoms with E-state index in [1.54, 1.807) is 25.4 Å². The Labute approximate surface area is 128 Å². The van der Waals surface area contributed by atoms with E-state index in [0.29, 0.717) is 5.82 Å². The number of fused-ring (bicyclic) bond motifs is 1. The number of nitrogens with one attached hydrogen (secondary N) is 2. The summed E-state index contributed by atoms with van der Waals surface area (Å²) in [5, 5.41) is 6.96. The highest BCUT2D eigenvalue weighted by atomic mass is 19.1. The van der Waals surface area contributed by atoms with Crippen molar-refractivity contribution in [2.45, 2.75) is 0 Å². The molecule has 2 aromatic heterocycles. The van der Waals surface area contributed by atoms with Crippen molar-refractivity contribution in [3.8, 4) is 11.1 Å². The zero-order chi connectivity index (χ0) is 15.7. The highest BCUT2D eigenvalue weighted by Gasteiger charge is 2.10. The number of anilines is 1. The predicted octanol–water partition coefficient (Wildman–Crippen LogP) is 3.48. The summed E-state index contributed by atoms with van der Waals surface area (Å²) in [6.45, 7) is 3.80. The normalized spacial score (nSPS) is 10.7. The van der Waals surface area contributed by atoms with Gasteiger partial charge in [0.2, 0.25) is 0 Å². The molecule has 0 aliphatic rings. The van der Waals surface area contributed by atoms with Crippen LogP contribution < -0.4 is 10.6 Å². The second kappa shape index (κ2) is 5.52. The van der Waals surface area contributed by atoms with Gasteiger partial charge in [-0.25, -0.2) is 9.37 Å². The molecule has 2 heterocycles. The summed E-state index contributed by atoms with van der Waals surface area (Å²) in [4.78, 5) is 4.38. The molecular weight excluding hydrogens is 279 g/mol. The molecule has 3 aromatic rings. The van der Waals surface area contributed by atoms with Crippen LogP contribution in [-0.4, -0.2) is 16.6 Å². The number of aryl methyl sites for hydroxylation is 1. The van der Waals surface area contributed by atoms with Crippen molar-refractivity contribution >= 4 is 16.7 Å². The van der Waals surface area contributed by atoms with Crippen LogP contribution in [0.3, 0.4) is 0 Å². The fourth-order valence-electron chi connectivity index (χ4n) is 2.43. The van der Waals surface area contributed by atoms with Gasteiger partial charge in [0, 0.05) is 43.0 Å². The first-order chi connectivity index (χ1) is 10.6. The van der Waals surface area contributed by atoms with Crippen molar-refractivity contribution < 1.29 is 4.39 Å². The Hall–Kier alpha value is -2.82. The van der Waals surface area contributed by atoms with Gasteiger partial charge in [-0.15, -0.1) is 0 Å². The summed E-state index contributed by atoms with van der Waals surface area (Å²) in [5.74, 6) is 1.17. The predicted molar refractivity (Wildman–Crippen MR) is 87.9 cm³/mol. The minimum absolute atomic E-state index is 0.233. The van der Waals surface area contributed by atoms with Crippen LogP contribution in [0.2, 0.25) is 0 Å². The maximum atomic E-state index is 13.4. The van der Waals surface area contributed by atoms with Crippen LogP contribution in [0.4, 0.5) is 10.2 Å². The van der Waals surface area contributed by atoms with Crippen LogP contribution >= 0.6 is 0 Å². The molecule has 0 amide bonds. The number of aromatic nitrogens is 2. The lowest BCUT2D eigenvalue weighted by Gasteiger charge is -2.08. The van der Waals surface area contributed by atoms with Gasteiger partial charge in [0.05, 0.1) is 11.3 Å². The monoisotopic (exact) mass is 296 g/mol. The van der Waals surface area contributed by atoms with Gasteiger partial charge in [-0.1, -0.05) is 6.58 Å². The van der Waals surface area contributed by atoms with Gasteiger partial charge in [-0.05, 0) is 30.3 Å². The van der Waals surface area contributed by atoms with Crippen LogP contribution in [0.15, 0.2) is 55.1 Å². The van der Waals surface area contributed by atoms with Crippen LogP contribution in [0.5, 0.6) is 0 Å². The van der Waals surface area contributed by atoms with Gasteiger partial charge in [0.15, 0.2) is 0 Å². The van der Waals surface area contributed by atoms with E-state index >= 15 is 0 Å². The lowest BCUT2D eigenvalue weighted by molar-refractivity contribution is 0.629. The molecule has 0 saturated carbocycles. The van der Waals surface area contributed by atoms with Crippen molar-refractivity contribution in [1.82, 2.24) is 14.9 Å². The summed E-state index contributed by atoms with van der Waals surface area (Å²) >= 11 is 0. The third-order valence-corrected chi connectivity index (χ3v) is 3.61. The number of hydrogen-bond donors (Lipinski definition) is 2. The van der Waals surface area contributed by atoms with Crippen molar-refractivity contribution in [1.29, 1.82) is 0 Å². The average molecular weight is 296 g/mol. The Kier molecular flexibility index (Phi) is 3.55. The molecule has 2 N–H and O–H groups in total. The van der Waals surface area contributed by atoms with Gasteiger partial charge < -0.3 is 15.2 Å². The molecule has 4 nitrogen and oxygen atoms in total. The number of pyridine rings is 1. The van der Waals surface area contributed by atoms with Gasteiger partial charge >= 0.3 is 0 Å². The Bertz CT molecular complexity index is 834. The SMILES string of the molecule is C=C(NC)Nc1ccc(-c2cn(C)c3cc(F)ccc23)cn1. The zero-order valence-corrected chi connectivity index (χ0v) is 12.5. The summed E-state index contributed by atoms with van der Waals surface area (Å²) in [5.41, 5.74) is 2.88. The summed E-state index contributed by atoms with van der Waals surface area (Å²) in [6.07, 6.45) is 3.78. The van der Waals surface area contributed by atoms with E-state index in [1.165, 1.54) is 6.07 Å². The van der Waals surface area contributed by atoms with Crippen molar-refractivity contribution in [2.75, 3.05) is 12.4 Å². The maximum Gasteiger partial charge on any atom is 0.131 e. The van der Waals surface area contributed by atoms with E-state index in [-0.39, 0.29) is 5.82 Å². The molecule has 1 aromatic carbocycles. The van der Waals surface area contributed by atoms with E-state index in [0.717, 1.165) is 27.8 Å². The second-order valence-electron chi connectivity index (χ2n) is 5.10. The quantitative estimate of drug-likeness (QED) is 0.774. The summed E-state index contributed by atoms with van der Waals surface area (Å²) < 4.78 is 15.3. The lowest BCUT2D eigenvalue weighted by Crippen LogP contribution is -2.13. The number of halogens is 1. The molecular formula is C17H17FN4. The molecule has 0 unspecified atom stereocenters. The Morgan fingerprint density at radius 2 is 2.09 bits per heavy atom. The van der Waals surface area contributed by atoms with E-state index in [1.807, 2.05) is 29.9 Å². The molecule has 5 heteroatoms. The first-order valence-corrected chi connectivity index (χ1v) is 6.93. The average Bonchev–Trinajstić information content (AvgIpc) is 2.84. The number of benzene rings is 1. The summed E-state index contributed by atoms with van der Waals surface area (Å²) in [7, 11) is 3.70. The van der Waals surface area contributed by atoms with Gasteiger partial charge in [-0.3, -0.25) is 0 Å². The van der Waals surface area contributed by atoms with E-state index in [9.17, 15) is 4.39 Å². The molecule has 112 valence electrons. The molecule has 0 aliphatic heterocycles. The fourth-order valence-corrected chi connectivity index (χ4v) is 2.43. The number of rotatable bonds is 4. The van der Waals surface area contributed by atoms with Gasteiger partial charge in [0.25, 0.3) is 0 Å². The smallest absolute Gasteiger partial charge is 0.131 e. The Balaban J connectivity index is 1.99. The molecule has 3 rings (SSSR count). The van der Waals surface area contributed by atoms with Crippen molar-refractivity contribution in [2.24, 2.45) is 7.05 Å². The Morgan fingerprint density at radius 1 is 1.27 bits per heavy atom. The van der Waals surface area contributed by atoms with Gasteiger partial charge in [0.1, 0.15) is 11.6 Å². The van der Waals surface area contributed by atoms with E-state index in [2.05, 4.69) is 22.2 Å². The third-order valence-electron chi connectivity index (χ3n) is 3.61. The minimum Gasteiger partial charge on any atom is -0.375 e. The lowest BCUT2D eigenvalue weighted by atomic mass is 10.1. The maximum absolute atomic E-state index is 13.4. The van der Waals surface area contributed by atoms with Crippen molar-refractivity contribution in [3.63, 3.8) is 0 Å². The van der Waals surface area contributed by atoms with E-state index < -0.39 is 0 Å². The van der Waals surface area contributed by atoms with E-state index in [4.69, 9.17) is 0 Å². The zero-order valence-electron chi connectivity index (χ0n) is 12.5. The summed E-state index contributed by atoms with van der Waals surface area (Å²) in [6, 6.07) is 8.69. The molecule has 0 atom stereocenters. The van der Waals surface area contributed by atoms with Gasteiger partial charge in [-0.2, -0.15) is 0 Å². The molecule has 0 spiro atoms. The molecule has 0 saturated heterocycles. The van der Waals surface area contributed by atoms with Crippen LogP contribution in [0, 0.1) is 5.82 Å². The van der Waals surface area contributed by atoms with Crippen LogP contribution in [0.1, 0.15) is 0 Å². The molecule has 0 radical (unpaired) electrons. The minimum atomic E-state index is -0.233. The highest BCUT2D eigenvalue weighted by molar-refractivity contribution is 5.96. The third kappa shape index (κ3) is 2.53. The standard InChI is InChI=1S/C17H17FN4/c1-11(19-2)21-17-7-4-12(9-20-17)15-10-22(3)16-8-13(18)5-6-14(15)16/h4-10,19H,1H2,2-3H3,(H,20,21). The molecule has 0 bridgehead atoms. The topological polar surface area (TPSA) is 41.9 Å². The first kappa shape index (κ1) is 14.1.